The smallest absolute Gasteiger partial charge is 0.410 e. The van der Waals surface area contributed by atoms with Gasteiger partial charge in [-0.15, -0.1) is 0 Å². The number of aliphatic hydroxyl groups excluding tert-OH is 1. The van der Waals surface area contributed by atoms with Crippen LogP contribution in [-0.4, -0.2) is 55.0 Å². The lowest BCUT2D eigenvalue weighted by molar-refractivity contribution is 0.0976. The van der Waals surface area contributed by atoms with Gasteiger partial charge >= 0.3 is 6.09 Å². The van der Waals surface area contributed by atoms with Crippen molar-refractivity contribution in [3.05, 3.63) is 12.7 Å². The van der Waals surface area contributed by atoms with E-state index < -0.39 is 0 Å². The molecule has 1 rings (SSSR count). The highest BCUT2D eigenvalue weighted by atomic mass is 16.6. The molecule has 1 aliphatic rings. The van der Waals surface area contributed by atoms with Crippen LogP contribution in [0.3, 0.4) is 0 Å². The molecule has 0 radical (unpaired) electrons. The standard InChI is InChI=1S/C11H20N2O3/c1-2-8-16-11(15)13-6-5-12-10(9-13)4-3-7-14/h2,10,12,14H,1,3-9H2. The van der Waals surface area contributed by atoms with Crippen molar-refractivity contribution in [3.63, 3.8) is 0 Å². The van der Waals surface area contributed by atoms with Crippen LogP contribution >= 0.6 is 0 Å². The number of aliphatic hydroxyl groups is 1. The Hall–Kier alpha value is -1.07. The molecular formula is C11H20N2O3. The summed E-state index contributed by atoms with van der Waals surface area (Å²) in [6.07, 6.45) is 2.91. The van der Waals surface area contributed by atoms with Crippen LogP contribution in [0, 0.1) is 0 Å². The van der Waals surface area contributed by atoms with Gasteiger partial charge in [0.05, 0.1) is 0 Å². The molecule has 0 bridgehead atoms. The summed E-state index contributed by atoms with van der Waals surface area (Å²) in [5.41, 5.74) is 0. The van der Waals surface area contributed by atoms with E-state index in [0.29, 0.717) is 13.1 Å². The summed E-state index contributed by atoms with van der Waals surface area (Å²) >= 11 is 0. The maximum atomic E-state index is 11.6. The number of nitrogens with one attached hydrogen (secondary N) is 1. The highest BCUT2D eigenvalue weighted by molar-refractivity contribution is 5.67. The molecule has 1 aliphatic heterocycles. The van der Waals surface area contributed by atoms with Gasteiger partial charge in [0.1, 0.15) is 6.61 Å². The Labute approximate surface area is 96.1 Å². The summed E-state index contributed by atoms with van der Waals surface area (Å²) < 4.78 is 4.98. The van der Waals surface area contributed by atoms with Crippen molar-refractivity contribution in [2.75, 3.05) is 32.8 Å². The Balaban J connectivity index is 2.31. The minimum Gasteiger partial charge on any atom is -0.445 e. The van der Waals surface area contributed by atoms with Gasteiger partial charge in [-0.3, -0.25) is 0 Å². The first-order chi connectivity index (χ1) is 7.77. The van der Waals surface area contributed by atoms with Crippen LogP contribution in [0.1, 0.15) is 12.8 Å². The number of nitrogens with zero attached hydrogens (tertiary/aromatic N) is 1. The van der Waals surface area contributed by atoms with E-state index in [1.54, 1.807) is 11.0 Å². The number of rotatable bonds is 5. The number of hydrogen-bond donors (Lipinski definition) is 2. The minimum absolute atomic E-state index is 0.194. The van der Waals surface area contributed by atoms with E-state index in [-0.39, 0.29) is 25.3 Å². The predicted octanol–water partition coefficient (Wildman–Crippen LogP) is 0.355. The molecule has 1 atom stereocenters. The van der Waals surface area contributed by atoms with Gasteiger partial charge in [0, 0.05) is 32.3 Å². The Morgan fingerprint density at radius 2 is 2.50 bits per heavy atom. The zero-order valence-electron chi connectivity index (χ0n) is 9.52. The van der Waals surface area contributed by atoms with Gasteiger partial charge in [0.2, 0.25) is 0 Å². The fourth-order valence-electron chi connectivity index (χ4n) is 1.74. The number of ether oxygens (including phenoxy) is 1. The van der Waals surface area contributed by atoms with Gasteiger partial charge < -0.3 is 20.1 Å². The van der Waals surface area contributed by atoms with E-state index in [2.05, 4.69) is 11.9 Å². The van der Waals surface area contributed by atoms with Crippen LogP contribution in [0.2, 0.25) is 0 Å². The second kappa shape index (κ2) is 7.24. The SMILES string of the molecule is C=CCOC(=O)N1CCNC(CCCO)C1. The largest absolute Gasteiger partial charge is 0.445 e. The summed E-state index contributed by atoms with van der Waals surface area (Å²) in [4.78, 5) is 13.3. The lowest BCUT2D eigenvalue weighted by atomic mass is 10.1. The van der Waals surface area contributed by atoms with E-state index in [4.69, 9.17) is 9.84 Å². The fraction of sp³-hybridized carbons (Fsp3) is 0.727. The molecule has 16 heavy (non-hydrogen) atoms. The molecule has 1 amide bonds. The molecule has 0 spiro atoms. The second-order valence-corrected chi connectivity index (χ2v) is 3.83. The Kier molecular flexibility index (Phi) is 5.88. The highest BCUT2D eigenvalue weighted by Gasteiger charge is 2.23. The first-order valence-electron chi connectivity index (χ1n) is 5.64. The number of carbonyl (C=O) groups is 1. The van der Waals surface area contributed by atoms with Crippen molar-refractivity contribution < 1.29 is 14.6 Å². The zero-order chi connectivity index (χ0) is 11.8. The van der Waals surface area contributed by atoms with Crippen molar-refractivity contribution in [2.24, 2.45) is 0 Å². The molecule has 2 N–H and O–H groups in total. The van der Waals surface area contributed by atoms with Crippen LogP contribution < -0.4 is 5.32 Å². The lowest BCUT2D eigenvalue weighted by Crippen LogP contribution is -2.52. The summed E-state index contributed by atoms with van der Waals surface area (Å²) in [6.45, 7) is 6.04. The topological polar surface area (TPSA) is 61.8 Å². The molecule has 1 unspecified atom stereocenters. The molecular weight excluding hydrogens is 208 g/mol. The van der Waals surface area contributed by atoms with E-state index in [0.717, 1.165) is 19.4 Å². The van der Waals surface area contributed by atoms with Crippen LogP contribution in [0.4, 0.5) is 4.79 Å². The molecule has 5 heteroatoms. The Morgan fingerprint density at radius 3 is 3.19 bits per heavy atom. The maximum Gasteiger partial charge on any atom is 0.410 e. The van der Waals surface area contributed by atoms with Crippen molar-refractivity contribution in [3.8, 4) is 0 Å². The number of carbonyl (C=O) groups excluding carboxylic acids is 1. The van der Waals surface area contributed by atoms with Gasteiger partial charge in [-0.05, 0) is 12.8 Å². The third kappa shape index (κ3) is 4.20. The molecule has 5 nitrogen and oxygen atoms in total. The van der Waals surface area contributed by atoms with E-state index in [1.807, 2.05) is 0 Å². The minimum atomic E-state index is -0.282. The fourth-order valence-corrected chi connectivity index (χ4v) is 1.74. The van der Waals surface area contributed by atoms with Crippen LogP contribution in [0.15, 0.2) is 12.7 Å². The number of amides is 1. The summed E-state index contributed by atoms with van der Waals surface area (Å²) in [6, 6.07) is 0.261. The van der Waals surface area contributed by atoms with Gasteiger partial charge in [0.15, 0.2) is 0 Å². The second-order valence-electron chi connectivity index (χ2n) is 3.83. The maximum absolute atomic E-state index is 11.6. The molecule has 0 aromatic rings. The lowest BCUT2D eigenvalue weighted by Gasteiger charge is -2.32. The highest BCUT2D eigenvalue weighted by Crippen LogP contribution is 2.06. The third-order valence-corrected chi connectivity index (χ3v) is 2.55. The number of hydrogen-bond acceptors (Lipinski definition) is 4. The van der Waals surface area contributed by atoms with Crippen molar-refractivity contribution in [2.45, 2.75) is 18.9 Å². The molecule has 92 valence electrons. The molecule has 0 aromatic heterocycles. The van der Waals surface area contributed by atoms with Gasteiger partial charge in [0.25, 0.3) is 0 Å². The first-order valence-corrected chi connectivity index (χ1v) is 5.64. The molecule has 1 heterocycles. The monoisotopic (exact) mass is 228 g/mol. The van der Waals surface area contributed by atoms with Gasteiger partial charge in [-0.25, -0.2) is 4.79 Å². The average molecular weight is 228 g/mol. The average Bonchev–Trinajstić information content (AvgIpc) is 2.33. The molecule has 0 aromatic carbocycles. The summed E-state index contributed by atoms with van der Waals surface area (Å²) in [5, 5.41) is 12.1. The van der Waals surface area contributed by atoms with Crippen LogP contribution in [-0.2, 0) is 4.74 Å². The van der Waals surface area contributed by atoms with E-state index in [1.165, 1.54) is 0 Å². The quantitative estimate of drug-likeness (QED) is 0.667. The van der Waals surface area contributed by atoms with Gasteiger partial charge in [-0.2, -0.15) is 0 Å². The molecule has 1 saturated heterocycles. The summed E-state index contributed by atoms with van der Waals surface area (Å²) in [7, 11) is 0. The third-order valence-electron chi connectivity index (χ3n) is 2.55. The first kappa shape index (κ1) is 13.0. The van der Waals surface area contributed by atoms with Crippen molar-refractivity contribution in [1.29, 1.82) is 0 Å². The Bertz CT molecular complexity index is 233. The van der Waals surface area contributed by atoms with Crippen molar-refractivity contribution >= 4 is 6.09 Å². The zero-order valence-corrected chi connectivity index (χ0v) is 9.52. The van der Waals surface area contributed by atoms with Crippen molar-refractivity contribution in [1.82, 2.24) is 10.2 Å². The normalized spacial score (nSPS) is 20.6. The summed E-state index contributed by atoms with van der Waals surface area (Å²) in [5.74, 6) is 0. The van der Waals surface area contributed by atoms with Crippen LogP contribution in [0.25, 0.3) is 0 Å². The van der Waals surface area contributed by atoms with E-state index in [9.17, 15) is 4.79 Å². The number of piperazine rings is 1. The van der Waals surface area contributed by atoms with Crippen LogP contribution in [0.5, 0.6) is 0 Å². The molecule has 0 saturated carbocycles. The Morgan fingerprint density at radius 1 is 1.69 bits per heavy atom. The van der Waals surface area contributed by atoms with E-state index >= 15 is 0 Å². The predicted molar refractivity (Wildman–Crippen MR) is 61.2 cm³/mol. The molecule has 1 fully saturated rings. The van der Waals surface area contributed by atoms with Gasteiger partial charge in [-0.1, -0.05) is 12.7 Å². The molecule has 0 aliphatic carbocycles.